The summed E-state index contributed by atoms with van der Waals surface area (Å²) in [5.41, 5.74) is 2.32. The molecule has 5 rings (SSSR count). The summed E-state index contributed by atoms with van der Waals surface area (Å²) in [5, 5.41) is 8.50. The molecular weight excluding hydrogens is 476 g/mol. The van der Waals surface area contributed by atoms with Crippen molar-refractivity contribution in [3.8, 4) is 0 Å². The highest BCUT2D eigenvalue weighted by Gasteiger charge is 2.32. The molecule has 2 aromatic heterocycles. The van der Waals surface area contributed by atoms with E-state index in [1.165, 1.54) is 16.4 Å². The van der Waals surface area contributed by atoms with Gasteiger partial charge in [-0.25, -0.2) is 18.1 Å². The minimum absolute atomic E-state index is 0.151. The number of aromatic amines is 1. The summed E-state index contributed by atoms with van der Waals surface area (Å²) in [5.74, 6) is 0.179. The van der Waals surface area contributed by atoms with E-state index < -0.39 is 10.0 Å². The van der Waals surface area contributed by atoms with Crippen LogP contribution in [0.4, 0.5) is 0 Å². The number of fused-ring (bicyclic) bond motifs is 1. The number of piperidine rings is 1. The van der Waals surface area contributed by atoms with Crippen molar-refractivity contribution < 1.29 is 8.42 Å². The lowest BCUT2D eigenvalue weighted by Crippen LogP contribution is -2.39. The first-order valence-electron chi connectivity index (χ1n) is 11.0. The lowest BCUT2D eigenvalue weighted by atomic mass is 9.99. The lowest BCUT2D eigenvalue weighted by Gasteiger charge is -2.31. The molecule has 0 amide bonds. The third-order valence-corrected chi connectivity index (χ3v) is 8.15. The molecule has 1 saturated heterocycles. The first kappa shape index (κ1) is 22.7. The van der Waals surface area contributed by atoms with Gasteiger partial charge in [0.05, 0.1) is 11.4 Å². The van der Waals surface area contributed by atoms with Crippen LogP contribution in [0.2, 0.25) is 5.02 Å². The molecule has 11 heteroatoms. The van der Waals surface area contributed by atoms with Gasteiger partial charge in [-0.3, -0.25) is 4.79 Å². The highest BCUT2D eigenvalue weighted by molar-refractivity contribution is 7.89. The number of hydrogen-bond acceptors (Lipinski definition) is 6. The molecule has 34 heavy (non-hydrogen) atoms. The second-order valence-electron chi connectivity index (χ2n) is 8.52. The molecule has 1 fully saturated rings. The molecule has 0 unspecified atom stereocenters. The van der Waals surface area contributed by atoms with Crippen LogP contribution in [0.3, 0.4) is 0 Å². The number of sulfonamides is 1. The normalized spacial score (nSPS) is 17.3. The number of aryl methyl sites for hydroxylation is 1. The summed E-state index contributed by atoms with van der Waals surface area (Å²) in [4.78, 5) is 20.4. The number of benzene rings is 2. The third-order valence-electron chi connectivity index (χ3n) is 6.05. The van der Waals surface area contributed by atoms with Crippen LogP contribution in [0, 0.1) is 6.92 Å². The van der Waals surface area contributed by atoms with Crippen molar-refractivity contribution in [3.05, 3.63) is 80.9 Å². The lowest BCUT2D eigenvalue weighted by molar-refractivity contribution is 0.309. The number of hydrogen-bond donors (Lipinski definition) is 1. The van der Waals surface area contributed by atoms with Crippen LogP contribution < -0.4 is 5.56 Å². The van der Waals surface area contributed by atoms with Crippen molar-refractivity contribution in [2.24, 2.45) is 0 Å². The second kappa shape index (κ2) is 8.94. The Morgan fingerprint density at radius 3 is 2.74 bits per heavy atom. The number of H-pyrrole nitrogens is 1. The van der Waals surface area contributed by atoms with E-state index in [1.807, 2.05) is 31.2 Å². The number of rotatable bonds is 5. The maximum atomic E-state index is 13.2. The zero-order chi connectivity index (χ0) is 23.9. The highest BCUT2D eigenvalue weighted by Crippen LogP contribution is 2.29. The fourth-order valence-corrected chi connectivity index (χ4v) is 6.04. The fourth-order valence-electron chi connectivity index (χ4n) is 4.21. The van der Waals surface area contributed by atoms with E-state index in [9.17, 15) is 13.2 Å². The van der Waals surface area contributed by atoms with Gasteiger partial charge in [0.2, 0.25) is 10.0 Å². The maximum absolute atomic E-state index is 13.2. The summed E-state index contributed by atoms with van der Waals surface area (Å²) >= 11 is 6.01. The summed E-state index contributed by atoms with van der Waals surface area (Å²) in [7, 11) is -3.72. The van der Waals surface area contributed by atoms with Crippen LogP contribution in [0.25, 0.3) is 11.2 Å². The van der Waals surface area contributed by atoms with Crippen LogP contribution in [-0.2, 0) is 16.6 Å². The van der Waals surface area contributed by atoms with E-state index in [1.54, 1.807) is 16.8 Å². The number of aromatic nitrogens is 5. The van der Waals surface area contributed by atoms with Gasteiger partial charge in [0.25, 0.3) is 5.56 Å². The predicted molar refractivity (Wildman–Crippen MR) is 128 cm³/mol. The SMILES string of the molecule is Cc1ccc(Cn2nnc3c(=O)[nH]c([C@H]4CCCN(S(=O)(=O)c5cccc(Cl)c5)C4)nc32)cc1. The van der Waals surface area contributed by atoms with Gasteiger partial charge in [-0.05, 0) is 43.5 Å². The average molecular weight is 499 g/mol. The first-order valence-corrected chi connectivity index (χ1v) is 12.8. The molecule has 9 nitrogen and oxygen atoms in total. The third kappa shape index (κ3) is 4.36. The van der Waals surface area contributed by atoms with Gasteiger partial charge < -0.3 is 4.98 Å². The minimum Gasteiger partial charge on any atom is -0.308 e. The number of nitrogens with one attached hydrogen (secondary N) is 1. The van der Waals surface area contributed by atoms with Crippen LogP contribution in [0.1, 0.15) is 35.7 Å². The Morgan fingerprint density at radius 2 is 1.97 bits per heavy atom. The minimum atomic E-state index is -3.72. The molecule has 2 aromatic carbocycles. The summed E-state index contributed by atoms with van der Waals surface area (Å²) in [6.45, 7) is 3.04. The second-order valence-corrected chi connectivity index (χ2v) is 10.9. The van der Waals surface area contributed by atoms with E-state index in [0.29, 0.717) is 42.4 Å². The number of halogens is 1. The molecule has 1 aliphatic rings. The maximum Gasteiger partial charge on any atom is 0.281 e. The molecule has 0 spiro atoms. The van der Waals surface area contributed by atoms with E-state index in [0.717, 1.165) is 11.1 Å². The smallest absolute Gasteiger partial charge is 0.281 e. The average Bonchev–Trinajstić information content (AvgIpc) is 3.24. The molecule has 4 aromatic rings. The fraction of sp³-hybridized carbons (Fsp3) is 0.304. The van der Waals surface area contributed by atoms with Crippen molar-refractivity contribution in [2.75, 3.05) is 13.1 Å². The molecule has 0 saturated carbocycles. The van der Waals surface area contributed by atoms with Crippen LogP contribution in [-0.4, -0.2) is 50.8 Å². The highest BCUT2D eigenvalue weighted by atomic mass is 35.5. The Kier molecular flexibility index (Phi) is 5.97. The Labute approximate surface area is 201 Å². The van der Waals surface area contributed by atoms with Gasteiger partial charge in [-0.2, -0.15) is 4.31 Å². The standard InChI is InChI=1S/C23H23ClN6O3S/c1-15-7-9-16(10-8-15)13-30-22-20(27-28-30)23(31)26-21(25-22)17-4-3-11-29(14-17)34(32,33)19-6-2-5-18(24)12-19/h2,5-10,12,17H,3-4,11,13-14H2,1H3,(H,25,26,31)/t17-/m0/s1. The summed E-state index contributed by atoms with van der Waals surface area (Å²) in [6, 6.07) is 14.2. The Hall–Kier alpha value is -3.08. The molecule has 0 radical (unpaired) electrons. The van der Waals surface area contributed by atoms with E-state index in [2.05, 4.69) is 20.3 Å². The predicted octanol–water partition coefficient (Wildman–Crippen LogP) is 3.09. The Morgan fingerprint density at radius 1 is 1.18 bits per heavy atom. The molecule has 1 N–H and O–H groups in total. The largest absolute Gasteiger partial charge is 0.308 e. The summed E-state index contributed by atoms with van der Waals surface area (Å²) < 4.78 is 29.4. The molecule has 1 aliphatic heterocycles. The van der Waals surface area contributed by atoms with Gasteiger partial charge >= 0.3 is 0 Å². The zero-order valence-electron chi connectivity index (χ0n) is 18.5. The molecular formula is C23H23ClN6O3S. The monoisotopic (exact) mass is 498 g/mol. The van der Waals surface area contributed by atoms with Crippen LogP contribution in [0.15, 0.2) is 58.2 Å². The van der Waals surface area contributed by atoms with Crippen LogP contribution in [0.5, 0.6) is 0 Å². The Bertz CT molecular complexity index is 1510. The summed E-state index contributed by atoms with van der Waals surface area (Å²) in [6.07, 6.45) is 1.35. The molecule has 0 bridgehead atoms. The van der Waals surface area contributed by atoms with Gasteiger partial charge in [0.15, 0.2) is 11.2 Å². The molecule has 1 atom stereocenters. The number of nitrogens with zero attached hydrogens (tertiary/aromatic N) is 5. The zero-order valence-corrected chi connectivity index (χ0v) is 20.1. The van der Waals surface area contributed by atoms with Crippen molar-refractivity contribution >= 4 is 32.8 Å². The molecule has 0 aliphatic carbocycles. The van der Waals surface area contributed by atoms with Gasteiger partial charge in [0.1, 0.15) is 5.82 Å². The van der Waals surface area contributed by atoms with Gasteiger partial charge in [-0.1, -0.05) is 52.7 Å². The van der Waals surface area contributed by atoms with Crippen LogP contribution >= 0.6 is 11.6 Å². The topological polar surface area (TPSA) is 114 Å². The van der Waals surface area contributed by atoms with E-state index >= 15 is 0 Å². The van der Waals surface area contributed by atoms with Crippen molar-refractivity contribution in [3.63, 3.8) is 0 Å². The van der Waals surface area contributed by atoms with Gasteiger partial charge in [-0.15, -0.1) is 5.10 Å². The molecule has 176 valence electrons. The van der Waals surface area contributed by atoms with Crippen molar-refractivity contribution in [2.45, 2.75) is 37.1 Å². The quantitative estimate of drug-likeness (QED) is 0.452. The van der Waals surface area contributed by atoms with E-state index in [-0.39, 0.29) is 28.4 Å². The van der Waals surface area contributed by atoms with Crippen molar-refractivity contribution in [1.29, 1.82) is 0 Å². The Balaban J connectivity index is 1.45. The van der Waals surface area contributed by atoms with Crippen molar-refractivity contribution in [1.82, 2.24) is 29.3 Å². The van der Waals surface area contributed by atoms with Gasteiger partial charge in [0, 0.05) is 24.0 Å². The first-order chi connectivity index (χ1) is 16.3. The van der Waals surface area contributed by atoms with E-state index in [4.69, 9.17) is 11.6 Å². The molecule has 3 heterocycles.